The lowest BCUT2D eigenvalue weighted by Crippen LogP contribution is -2.46. The third-order valence-electron chi connectivity index (χ3n) is 12.2. The van der Waals surface area contributed by atoms with Crippen LogP contribution in [0.5, 0.6) is 34.5 Å². The van der Waals surface area contributed by atoms with Crippen LogP contribution in [-0.2, 0) is 37.0 Å². The Morgan fingerprint density at radius 2 is 0.938 bits per heavy atom. The molecule has 0 saturated heterocycles. The molecule has 2 amide bonds. The molecule has 0 spiro atoms. The number of aromatic nitrogens is 4. The lowest BCUT2D eigenvalue weighted by molar-refractivity contribution is -0.159. The van der Waals surface area contributed by atoms with Crippen molar-refractivity contribution in [2.24, 2.45) is 11.8 Å². The van der Waals surface area contributed by atoms with Gasteiger partial charge in [0.1, 0.15) is 29.3 Å². The number of nitrogens with zero attached hydrogens (tertiary/aromatic N) is 4. The molecular formula is C56H76N12O12. The van der Waals surface area contributed by atoms with E-state index < -0.39 is 48.0 Å². The van der Waals surface area contributed by atoms with Gasteiger partial charge in [0.2, 0.25) is 23.4 Å². The fraction of sp³-hybridized carbons (Fsp3) is 0.429. The third-order valence-corrected chi connectivity index (χ3v) is 12.2. The molecule has 0 saturated carbocycles. The number of nitrogens with two attached hydrogens (primary N) is 4. The molecule has 0 radical (unpaired) electrons. The van der Waals surface area contributed by atoms with Crippen molar-refractivity contribution in [1.29, 1.82) is 0 Å². The number of aryl methyl sites for hydroxylation is 2. The van der Waals surface area contributed by atoms with Gasteiger partial charge in [-0.3, -0.25) is 9.59 Å². The van der Waals surface area contributed by atoms with Crippen molar-refractivity contribution in [3.63, 3.8) is 0 Å². The van der Waals surface area contributed by atoms with E-state index in [-0.39, 0.29) is 41.8 Å². The van der Waals surface area contributed by atoms with Gasteiger partial charge in [0.05, 0.1) is 39.5 Å². The van der Waals surface area contributed by atoms with Crippen LogP contribution in [-0.4, -0.2) is 108 Å². The van der Waals surface area contributed by atoms with E-state index in [1.54, 1.807) is 45.0 Å². The van der Waals surface area contributed by atoms with Gasteiger partial charge in [-0.25, -0.2) is 19.6 Å². The molecule has 6 rings (SSSR count). The van der Waals surface area contributed by atoms with E-state index in [1.165, 1.54) is 28.4 Å². The molecule has 24 nitrogen and oxygen atoms in total. The summed E-state index contributed by atoms with van der Waals surface area (Å²) >= 11 is 0. The average molecular weight is 1110 g/mol. The number of nitrogen functional groups attached to an aromatic ring is 4. The molecule has 432 valence electrons. The minimum Gasteiger partial charge on any atom is -0.493 e. The van der Waals surface area contributed by atoms with Crippen LogP contribution in [0.15, 0.2) is 48.5 Å². The van der Waals surface area contributed by atoms with Gasteiger partial charge in [0.25, 0.3) is 11.8 Å². The smallest absolute Gasteiger partial charge is 0.329 e. The number of hydrogen-bond acceptors (Lipinski definition) is 21. The molecule has 2 atom stereocenters. The van der Waals surface area contributed by atoms with E-state index in [0.717, 1.165) is 33.0 Å². The van der Waals surface area contributed by atoms with Crippen molar-refractivity contribution in [3.05, 3.63) is 70.8 Å². The van der Waals surface area contributed by atoms with Crippen LogP contribution in [0.4, 0.5) is 34.9 Å². The average Bonchev–Trinajstić information content (AvgIpc) is 3.42. The van der Waals surface area contributed by atoms with E-state index >= 15 is 0 Å². The van der Waals surface area contributed by atoms with Crippen molar-refractivity contribution in [2.45, 2.75) is 106 Å². The fourth-order valence-electron chi connectivity index (χ4n) is 8.49. The van der Waals surface area contributed by atoms with Gasteiger partial charge in [-0.1, -0.05) is 39.8 Å². The van der Waals surface area contributed by atoms with E-state index in [2.05, 4.69) is 41.2 Å². The molecule has 0 aliphatic heterocycles. The van der Waals surface area contributed by atoms with Gasteiger partial charge in [-0.2, -0.15) is 9.97 Å². The maximum atomic E-state index is 12.8. The number of benzene rings is 4. The zero-order chi connectivity index (χ0) is 59.2. The summed E-state index contributed by atoms with van der Waals surface area (Å²) in [5.74, 6) is 0.375. The molecule has 0 unspecified atom stereocenters. The molecule has 24 heteroatoms. The normalized spacial score (nSPS) is 11.9. The van der Waals surface area contributed by atoms with Crippen molar-refractivity contribution >= 4 is 80.5 Å². The van der Waals surface area contributed by atoms with E-state index in [4.69, 9.17) is 56.1 Å². The molecule has 0 fully saturated rings. The molecule has 6 aromatic rings. The van der Waals surface area contributed by atoms with Crippen molar-refractivity contribution in [3.8, 4) is 34.5 Å². The van der Waals surface area contributed by atoms with Crippen LogP contribution in [0.2, 0.25) is 0 Å². The number of anilines is 6. The predicted octanol–water partition coefficient (Wildman–Crippen LogP) is 6.71. The number of hydrogen-bond donors (Lipinski definition) is 9. The highest BCUT2D eigenvalue weighted by Gasteiger charge is 2.29. The number of amides is 2. The zero-order valence-corrected chi connectivity index (χ0v) is 47.7. The summed E-state index contributed by atoms with van der Waals surface area (Å²) in [6.07, 6.45) is 0.733. The standard InChI is InChI=1S/C30H42N6O6.C26H34N6O6/c1-16(2)11-21(28(38)42-30(4,5)6)34-24(37)15-41-26-22(39-7)12-19(13-23(26)40-8)33-14-18-9-10-20-25(17(18)3)27(31)36-29(32)35-20;1-13(2)8-18(25(34)35)30-21(33)12-38-23-19(36-4)9-16(10-20(23)37-5)29-11-15-6-7-17-22(14(15)3)24(27)32-26(28)31-17/h9-10,12-13,16,21,33H,11,14-15H2,1-8H3,(H,34,37)(H4,31,32,35,36);6-7,9-10,13,18,29H,8,11-12H2,1-5H3,(H,30,33)(H,34,35)(H4,27,28,31,32)/t21-;18-/m00/s1. The Balaban J connectivity index is 0.000000295. The molecule has 4 aromatic carbocycles. The molecule has 2 heterocycles. The van der Waals surface area contributed by atoms with Crippen LogP contribution in [0, 0.1) is 25.7 Å². The van der Waals surface area contributed by atoms with Crippen molar-refractivity contribution < 1.29 is 57.4 Å². The van der Waals surface area contributed by atoms with Gasteiger partial charge >= 0.3 is 11.9 Å². The van der Waals surface area contributed by atoms with E-state index in [9.17, 15) is 24.3 Å². The number of ether oxygens (including phenoxy) is 7. The zero-order valence-electron chi connectivity index (χ0n) is 47.7. The number of rotatable bonds is 24. The number of carboxylic acid groups (broad SMARTS) is 1. The lowest BCUT2D eigenvalue weighted by Gasteiger charge is -2.25. The number of carbonyl (C=O) groups is 4. The predicted molar refractivity (Wildman–Crippen MR) is 307 cm³/mol. The van der Waals surface area contributed by atoms with Gasteiger partial charge < -0.3 is 82.5 Å². The summed E-state index contributed by atoms with van der Waals surface area (Å²) in [5, 5.41) is 22.8. The first-order valence-electron chi connectivity index (χ1n) is 25.7. The van der Waals surface area contributed by atoms with Crippen molar-refractivity contribution in [1.82, 2.24) is 30.6 Å². The summed E-state index contributed by atoms with van der Waals surface area (Å²) in [7, 11) is 5.93. The second kappa shape index (κ2) is 27.6. The molecule has 80 heavy (non-hydrogen) atoms. The van der Waals surface area contributed by atoms with Gasteiger partial charge in [0, 0.05) is 59.5 Å². The van der Waals surface area contributed by atoms with E-state index in [0.29, 0.717) is 83.0 Å². The second-order valence-corrected chi connectivity index (χ2v) is 20.5. The number of carboxylic acids is 1. The molecule has 2 aromatic heterocycles. The minimum absolute atomic E-state index is 0.0976. The van der Waals surface area contributed by atoms with Crippen LogP contribution in [0.3, 0.4) is 0 Å². The Morgan fingerprint density at radius 3 is 1.27 bits per heavy atom. The van der Waals surface area contributed by atoms with Gasteiger partial charge in [-0.05, 0) is 93.7 Å². The Morgan fingerprint density at radius 1 is 0.575 bits per heavy atom. The molecule has 0 aliphatic carbocycles. The highest BCUT2D eigenvalue weighted by atomic mass is 16.6. The Labute approximate surface area is 465 Å². The van der Waals surface area contributed by atoms with Crippen LogP contribution in [0.1, 0.15) is 83.6 Å². The second-order valence-electron chi connectivity index (χ2n) is 20.5. The Bertz CT molecular complexity index is 3130. The Hall–Kier alpha value is -8.96. The minimum atomic E-state index is -1.10. The molecular weight excluding hydrogens is 1030 g/mol. The summed E-state index contributed by atoms with van der Waals surface area (Å²) in [6.45, 7) is 17.1. The SMILES string of the molecule is COc1cc(NCc2ccc3nc(N)nc(N)c3c2C)cc(OC)c1OCC(=O)N[C@@H](CC(C)C)C(=O)O.COc1cc(NCc2ccc3nc(N)nc(N)c3c2C)cc(OC)c1OCC(=O)N[C@@H](CC(C)C)C(=O)OC(C)(C)C. The van der Waals surface area contributed by atoms with Crippen LogP contribution < -0.4 is 72.6 Å². The first-order valence-corrected chi connectivity index (χ1v) is 25.7. The number of methoxy groups -OCH3 is 4. The fourth-order valence-corrected chi connectivity index (χ4v) is 8.49. The lowest BCUT2D eigenvalue weighted by atomic mass is 10.0. The number of aliphatic carboxylic acids is 1. The quantitative estimate of drug-likeness (QED) is 0.0284. The molecule has 0 aliphatic rings. The third kappa shape index (κ3) is 16.8. The summed E-state index contributed by atoms with van der Waals surface area (Å²) in [6, 6.07) is 12.7. The van der Waals surface area contributed by atoms with Gasteiger partial charge in [0.15, 0.2) is 36.2 Å². The first kappa shape index (κ1) is 61.9. The maximum absolute atomic E-state index is 12.8. The number of esters is 1. The largest absolute Gasteiger partial charge is 0.493 e. The topological polar surface area (TPSA) is 357 Å². The highest BCUT2D eigenvalue weighted by Crippen LogP contribution is 2.42. The number of nitrogens with one attached hydrogen (secondary N) is 4. The van der Waals surface area contributed by atoms with Crippen LogP contribution >= 0.6 is 0 Å². The molecule has 0 bridgehead atoms. The number of fused-ring (bicyclic) bond motifs is 2. The maximum Gasteiger partial charge on any atom is 0.329 e. The highest BCUT2D eigenvalue weighted by molar-refractivity contribution is 5.94. The monoisotopic (exact) mass is 1110 g/mol. The number of carbonyl (C=O) groups excluding carboxylic acids is 3. The van der Waals surface area contributed by atoms with Gasteiger partial charge in [-0.15, -0.1) is 0 Å². The first-order chi connectivity index (χ1) is 37.7. The summed E-state index contributed by atoms with van der Waals surface area (Å²) < 4.78 is 39.1. The van der Waals surface area contributed by atoms with Crippen LogP contribution in [0.25, 0.3) is 21.8 Å². The summed E-state index contributed by atoms with van der Waals surface area (Å²) in [5.41, 5.74) is 29.5. The van der Waals surface area contributed by atoms with Crippen molar-refractivity contribution in [2.75, 3.05) is 75.2 Å². The Kier molecular flexibility index (Phi) is 21.3. The van der Waals surface area contributed by atoms with E-state index in [1.807, 2.05) is 65.8 Å². The molecule has 13 N–H and O–H groups in total. The summed E-state index contributed by atoms with van der Waals surface area (Å²) in [4.78, 5) is 66.0.